The van der Waals surface area contributed by atoms with E-state index in [4.69, 9.17) is 4.74 Å². The number of ether oxygens (including phenoxy) is 1. The van der Waals surface area contributed by atoms with Crippen molar-refractivity contribution in [3.8, 4) is 16.9 Å². The second-order valence-electron chi connectivity index (χ2n) is 7.74. The van der Waals surface area contributed by atoms with Crippen LogP contribution in [0.3, 0.4) is 0 Å². The lowest BCUT2D eigenvalue weighted by Crippen LogP contribution is -2.51. The molecule has 2 aliphatic rings. The summed E-state index contributed by atoms with van der Waals surface area (Å²) in [6.45, 7) is 6.24. The monoisotopic (exact) mass is 373 g/mol. The van der Waals surface area contributed by atoms with Crippen molar-refractivity contribution in [3.63, 3.8) is 0 Å². The molecular formula is C23H23N3O2. The Morgan fingerprint density at radius 1 is 1.07 bits per heavy atom. The third kappa shape index (κ3) is 2.87. The Hall–Kier alpha value is -3.08. The van der Waals surface area contributed by atoms with Gasteiger partial charge in [-0.2, -0.15) is 5.10 Å². The Kier molecular flexibility index (Phi) is 3.97. The maximum atomic E-state index is 12.9. The molecule has 1 aromatic heterocycles. The van der Waals surface area contributed by atoms with Crippen LogP contribution in [0.1, 0.15) is 33.4 Å². The average Bonchev–Trinajstić information content (AvgIpc) is 3.26. The number of nitrogens with zero attached hydrogens (tertiary/aromatic N) is 3. The highest BCUT2D eigenvalue weighted by Gasteiger charge is 2.33. The molecule has 142 valence electrons. The van der Waals surface area contributed by atoms with Gasteiger partial charge < -0.3 is 9.64 Å². The van der Waals surface area contributed by atoms with Gasteiger partial charge in [0.1, 0.15) is 5.75 Å². The summed E-state index contributed by atoms with van der Waals surface area (Å²) in [5, 5.41) is 4.55. The molecule has 0 bridgehead atoms. The molecule has 1 saturated heterocycles. The summed E-state index contributed by atoms with van der Waals surface area (Å²) in [6, 6.07) is 16.5. The van der Waals surface area contributed by atoms with Crippen molar-refractivity contribution in [2.45, 2.75) is 26.3 Å². The van der Waals surface area contributed by atoms with E-state index < -0.39 is 0 Å². The Morgan fingerprint density at radius 2 is 1.89 bits per heavy atom. The number of carbonyl (C=O) groups excluding carboxylic acids is 1. The summed E-state index contributed by atoms with van der Waals surface area (Å²) in [5.41, 5.74) is 6.34. The lowest BCUT2D eigenvalue weighted by Gasteiger charge is -2.39. The number of rotatable bonds is 3. The highest BCUT2D eigenvalue weighted by molar-refractivity contribution is 5.96. The van der Waals surface area contributed by atoms with E-state index in [2.05, 4.69) is 36.3 Å². The van der Waals surface area contributed by atoms with Crippen LogP contribution >= 0.6 is 0 Å². The first-order valence-corrected chi connectivity index (χ1v) is 9.77. The van der Waals surface area contributed by atoms with Crippen molar-refractivity contribution < 1.29 is 9.53 Å². The average molecular weight is 373 g/mol. The summed E-state index contributed by atoms with van der Waals surface area (Å²) in [6.07, 6.45) is 0.948. The topological polar surface area (TPSA) is 47.4 Å². The van der Waals surface area contributed by atoms with Gasteiger partial charge >= 0.3 is 0 Å². The maximum absolute atomic E-state index is 12.9. The Morgan fingerprint density at radius 3 is 2.68 bits per heavy atom. The van der Waals surface area contributed by atoms with Gasteiger partial charge in [0.25, 0.3) is 5.91 Å². The number of carbonyl (C=O) groups is 1. The van der Waals surface area contributed by atoms with Crippen molar-refractivity contribution in [1.29, 1.82) is 0 Å². The molecule has 1 fully saturated rings. The number of aromatic nitrogens is 2. The molecular weight excluding hydrogens is 350 g/mol. The molecule has 3 heterocycles. The van der Waals surface area contributed by atoms with E-state index in [0.29, 0.717) is 13.1 Å². The first kappa shape index (κ1) is 17.0. The van der Waals surface area contributed by atoms with Crippen molar-refractivity contribution in [2.24, 2.45) is 0 Å². The van der Waals surface area contributed by atoms with Gasteiger partial charge in [0, 0.05) is 30.8 Å². The largest absolute Gasteiger partial charge is 0.493 e. The maximum Gasteiger partial charge on any atom is 0.254 e. The van der Waals surface area contributed by atoms with Crippen LogP contribution in [0.2, 0.25) is 0 Å². The van der Waals surface area contributed by atoms with Crippen molar-refractivity contribution in [1.82, 2.24) is 14.7 Å². The molecule has 5 rings (SSSR count). The van der Waals surface area contributed by atoms with E-state index in [9.17, 15) is 4.79 Å². The van der Waals surface area contributed by atoms with Crippen LogP contribution in [0.25, 0.3) is 11.1 Å². The van der Waals surface area contributed by atoms with Crippen LogP contribution in [0.15, 0.2) is 48.5 Å². The van der Waals surface area contributed by atoms with Gasteiger partial charge in [-0.1, -0.05) is 18.2 Å². The number of hydrogen-bond acceptors (Lipinski definition) is 3. The van der Waals surface area contributed by atoms with Crippen LogP contribution in [0.5, 0.6) is 5.75 Å². The van der Waals surface area contributed by atoms with E-state index in [1.807, 2.05) is 40.8 Å². The number of likely N-dealkylation sites (tertiary alicyclic amines) is 1. The number of fused-ring (bicyclic) bond motifs is 1. The minimum absolute atomic E-state index is 0.0872. The highest BCUT2D eigenvalue weighted by atomic mass is 16.5. The fourth-order valence-corrected chi connectivity index (χ4v) is 4.17. The zero-order valence-electron chi connectivity index (χ0n) is 16.2. The number of hydrogen-bond donors (Lipinski definition) is 0. The first-order chi connectivity index (χ1) is 13.6. The summed E-state index contributed by atoms with van der Waals surface area (Å²) in [7, 11) is 0. The van der Waals surface area contributed by atoms with Crippen LogP contribution < -0.4 is 4.74 Å². The zero-order chi connectivity index (χ0) is 19.3. The Labute approximate surface area is 164 Å². The molecule has 0 saturated carbocycles. The van der Waals surface area contributed by atoms with E-state index in [-0.39, 0.29) is 11.9 Å². The van der Waals surface area contributed by atoms with Crippen LogP contribution in [0.4, 0.5) is 0 Å². The van der Waals surface area contributed by atoms with Crippen molar-refractivity contribution in [2.75, 3.05) is 19.7 Å². The fraction of sp³-hybridized carbons (Fsp3) is 0.304. The quantitative estimate of drug-likeness (QED) is 0.702. The normalized spacial score (nSPS) is 15.9. The number of benzene rings is 2. The van der Waals surface area contributed by atoms with E-state index in [1.54, 1.807) is 0 Å². The minimum atomic E-state index is 0.0872. The van der Waals surface area contributed by atoms with E-state index in [1.165, 1.54) is 5.56 Å². The molecule has 0 unspecified atom stereocenters. The Bertz CT molecular complexity index is 1060. The molecule has 5 nitrogen and oxygen atoms in total. The van der Waals surface area contributed by atoms with Gasteiger partial charge in [0.15, 0.2) is 0 Å². The summed E-state index contributed by atoms with van der Waals surface area (Å²) < 4.78 is 7.64. The molecule has 2 aliphatic heterocycles. The molecule has 0 aliphatic carbocycles. The SMILES string of the molecule is Cc1cc(C)n(C2CN(C(=O)c3cccc(-c4ccc5c(c4)CCO5)c3)C2)n1. The minimum Gasteiger partial charge on any atom is -0.493 e. The first-order valence-electron chi connectivity index (χ1n) is 9.77. The molecule has 2 aromatic carbocycles. The predicted molar refractivity (Wildman–Crippen MR) is 108 cm³/mol. The van der Waals surface area contributed by atoms with E-state index >= 15 is 0 Å². The van der Waals surface area contributed by atoms with Crippen molar-refractivity contribution >= 4 is 5.91 Å². The van der Waals surface area contributed by atoms with Crippen molar-refractivity contribution in [3.05, 3.63) is 71.0 Å². The molecule has 28 heavy (non-hydrogen) atoms. The standard InChI is InChI=1S/C23H23N3O2/c1-15-10-16(2)26(24-15)21-13-25(14-21)23(27)20-5-3-4-17(12-20)18-6-7-22-19(11-18)8-9-28-22/h3-7,10-12,21H,8-9,13-14H2,1-2H3. The van der Waals surface area contributed by atoms with Gasteiger partial charge in [-0.3, -0.25) is 9.48 Å². The van der Waals surface area contributed by atoms with E-state index in [0.717, 1.165) is 46.9 Å². The second kappa shape index (κ2) is 6.51. The molecule has 0 N–H and O–H groups in total. The van der Waals surface area contributed by atoms with Crippen LogP contribution in [-0.4, -0.2) is 40.3 Å². The summed E-state index contributed by atoms with van der Waals surface area (Å²) >= 11 is 0. The van der Waals surface area contributed by atoms with Gasteiger partial charge in [-0.05, 0) is 60.9 Å². The lowest BCUT2D eigenvalue weighted by molar-refractivity contribution is 0.0497. The van der Waals surface area contributed by atoms with Crippen LogP contribution in [-0.2, 0) is 6.42 Å². The molecule has 1 amide bonds. The molecule has 0 spiro atoms. The fourth-order valence-electron chi connectivity index (χ4n) is 4.17. The highest BCUT2D eigenvalue weighted by Crippen LogP contribution is 2.31. The third-order valence-electron chi connectivity index (χ3n) is 5.67. The second-order valence-corrected chi connectivity index (χ2v) is 7.74. The number of aryl methyl sites for hydroxylation is 2. The van der Waals surface area contributed by atoms with Gasteiger partial charge in [0.2, 0.25) is 0 Å². The van der Waals surface area contributed by atoms with Gasteiger partial charge in [0.05, 0.1) is 18.3 Å². The zero-order valence-corrected chi connectivity index (χ0v) is 16.2. The smallest absolute Gasteiger partial charge is 0.254 e. The number of amides is 1. The molecule has 3 aromatic rings. The molecule has 0 atom stereocenters. The van der Waals surface area contributed by atoms with Crippen LogP contribution in [0, 0.1) is 13.8 Å². The lowest BCUT2D eigenvalue weighted by atomic mass is 9.99. The third-order valence-corrected chi connectivity index (χ3v) is 5.67. The van der Waals surface area contributed by atoms with Gasteiger partial charge in [-0.25, -0.2) is 0 Å². The molecule has 0 radical (unpaired) electrons. The summed E-state index contributed by atoms with van der Waals surface area (Å²) in [4.78, 5) is 14.8. The van der Waals surface area contributed by atoms with Gasteiger partial charge in [-0.15, -0.1) is 0 Å². The summed E-state index contributed by atoms with van der Waals surface area (Å²) in [5.74, 6) is 1.07. The Balaban J connectivity index is 1.33. The molecule has 5 heteroatoms. The predicted octanol–water partition coefficient (Wildman–Crippen LogP) is 3.80.